The van der Waals surface area contributed by atoms with Gasteiger partial charge in [-0.1, -0.05) is 32.0 Å². The van der Waals surface area contributed by atoms with E-state index in [9.17, 15) is 14.4 Å². The van der Waals surface area contributed by atoms with Gasteiger partial charge in [0.1, 0.15) is 0 Å². The first-order valence-corrected chi connectivity index (χ1v) is 9.52. The first kappa shape index (κ1) is 20.9. The van der Waals surface area contributed by atoms with Crippen LogP contribution < -0.4 is 16.4 Å². The van der Waals surface area contributed by atoms with Crippen molar-refractivity contribution in [3.05, 3.63) is 35.9 Å². The Labute approximate surface area is 160 Å². The van der Waals surface area contributed by atoms with Crippen molar-refractivity contribution < 1.29 is 14.4 Å². The Hall–Kier alpha value is -2.41. The van der Waals surface area contributed by atoms with Crippen molar-refractivity contribution in [2.75, 3.05) is 26.2 Å². The highest BCUT2D eigenvalue weighted by molar-refractivity contribution is 5.94. The molecule has 0 aliphatic carbocycles. The van der Waals surface area contributed by atoms with E-state index in [1.165, 1.54) is 0 Å². The van der Waals surface area contributed by atoms with Crippen LogP contribution in [0.1, 0.15) is 37.0 Å². The molecule has 4 N–H and O–H groups in total. The summed E-state index contributed by atoms with van der Waals surface area (Å²) in [7, 11) is 0. The number of amides is 3. The lowest BCUT2D eigenvalue weighted by molar-refractivity contribution is -0.134. The van der Waals surface area contributed by atoms with Gasteiger partial charge in [0.05, 0.1) is 12.6 Å². The van der Waals surface area contributed by atoms with Crippen LogP contribution in [0.25, 0.3) is 0 Å². The Morgan fingerprint density at radius 1 is 1.19 bits per heavy atom. The second kappa shape index (κ2) is 10.1. The van der Waals surface area contributed by atoms with Crippen molar-refractivity contribution in [1.82, 2.24) is 15.5 Å². The number of piperidine rings is 1. The van der Waals surface area contributed by atoms with E-state index in [4.69, 9.17) is 5.73 Å². The van der Waals surface area contributed by atoms with E-state index in [0.29, 0.717) is 25.2 Å². The molecule has 27 heavy (non-hydrogen) atoms. The molecule has 7 heteroatoms. The van der Waals surface area contributed by atoms with Gasteiger partial charge < -0.3 is 21.3 Å². The van der Waals surface area contributed by atoms with Crippen LogP contribution >= 0.6 is 0 Å². The summed E-state index contributed by atoms with van der Waals surface area (Å²) in [5.41, 5.74) is 6.42. The van der Waals surface area contributed by atoms with E-state index in [0.717, 1.165) is 12.8 Å². The van der Waals surface area contributed by atoms with Crippen LogP contribution in [-0.4, -0.2) is 54.8 Å². The Bertz CT molecular complexity index is 648. The minimum absolute atomic E-state index is 0.0210. The maximum Gasteiger partial charge on any atom is 0.251 e. The lowest BCUT2D eigenvalue weighted by Gasteiger charge is -2.33. The SMILES string of the molecule is CC(C)[C@H](N)C(=O)NCC(=O)N1CCCC(CNC(=O)c2ccccc2)C1. The van der Waals surface area contributed by atoms with Gasteiger partial charge >= 0.3 is 0 Å². The predicted octanol–water partition coefficient (Wildman–Crippen LogP) is 0.755. The van der Waals surface area contributed by atoms with E-state index in [2.05, 4.69) is 10.6 Å². The highest BCUT2D eigenvalue weighted by Gasteiger charge is 2.25. The number of carbonyl (C=O) groups is 3. The highest BCUT2D eigenvalue weighted by atomic mass is 16.2. The molecule has 0 spiro atoms. The predicted molar refractivity (Wildman–Crippen MR) is 104 cm³/mol. The third-order valence-corrected chi connectivity index (χ3v) is 4.89. The summed E-state index contributed by atoms with van der Waals surface area (Å²) in [6, 6.07) is 8.46. The maximum atomic E-state index is 12.4. The molecule has 1 saturated heterocycles. The van der Waals surface area contributed by atoms with E-state index in [1.807, 2.05) is 32.0 Å². The molecule has 0 saturated carbocycles. The zero-order valence-corrected chi connectivity index (χ0v) is 16.1. The fraction of sp³-hybridized carbons (Fsp3) is 0.550. The Morgan fingerprint density at radius 2 is 1.89 bits per heavy atom. The number of nitrogens with two attached hydrogens (primary N) is 1. The van der Waals surface area contributed by atoms with Crippen LogP contribution in [0.2, 0.25) is 0 Å². The molecule has 7 nitrogen and oxygen atoms in total. The number of nitrogens with zero attached hydrogens (tertiary/aromatic N) is 1. The van der Waals surface area contributed by atoms with Gasteiger partial charge in [0, 0.05) is 25.2 Å². The molecule has 2 atom stereocenters. The molecule has 148 valence electrons. The Kier molecular flexibility index (Phi) is 7.79. The van der Waals surface area contributed by atoms with Gasteiger partial charge in [-0.3, -0.25) is 14.4 Å². The van der Waals surface area contributed by atoms with E-state index >= 15 is 0 Å². The number of likely N-dealkylation sites (tertiary alicyclic amines) is 1. The standard InChI is InChI=1S/C20H30N4O3/c1-14(2)18(21)20(27)23-12-17(25)24-10-6-7-15(13-24)11-22-19(26)16-8-4-3-5-9-16/h3-5,8-9,14-15,18H,6-7,10-13,21H2,1-2H3,(H,22,26)(H,23,27)/t15?,18-/m0/s1. The van der Waals surface area contributed by atoms with Crippen molar-refractivity contribution in [2.45, 2.75) is 32.7 Å². The van der Waals surface area contributed by atoms with Gasteiger partial charge in [0.15, 0.2) is 0 Å². The van der Waals surface area contributed by atoms with Crippen LogP contribution in [-0.2, 0) is 9.59 Å². The monoisotopic (exact) mass is 374 g/mol. The average Bonchev–Trinajstić information content (AvgIpc) is 2.70. The number of nitrogens with one attached hydrogen (secondary N) is 2. The largest absolute Gasteiger partial charge is 0.352 e. The van der Waals surface area contributed by atoms with Gasteiger partial charge in [-0.05, 0) is 36.8 Å². The fourth-order valence-electron chi connectivity index (χ4n) is 3.08. The van der Waals surface area contributed by atoms with Crippen molar-refractivity contribution in [3.63, 3.8) is 0 Å². The molecule has 3 amide bonds. The summed E-state index contributed by atoms with van der Waals surface area (Å²) in [4.78, 5) is 38.2. The van der Waals surface area contributed by atoms with Gasteiger partial charge in [-0.25, -0.2) is 0 Å². The molecule has 1 unspecified atom stereocenters. The van der Waals surface area contributed by atoms with Crippen LogP contribution in [0.3, 0.4) is 0 Å². The molecule has 1 fully saturated rings. The van der Waals surface area contributed by atoms with Crippen molar-refractivity contribution >= 4 is 17.7 Å². The lowest BCUT2D eigenvalue weighted by Crippen LogP contribution is -2.50. The first-order chi connectivity index (χ1) is 12.9. The summed E-state index contributed by atoms with van der Waals surface area (Å²) < 4.78 is 0. The molecule has 1 heterocycles. The van der Waals surface area contributed by atoms with Crippen LogP contribution in [0.4, 0.5) is 0 Å². The summed E-state index contributed by atoms with van der Waals surface area (Å²) in [6.07, 6.45) is 1.85. The molecule has 1 aliphatic heterocycles. The molecular weight excluding hydrogens is 344 g/mol. The van der Waals surface area contributed by atoms with E-state index in [-0.39, 0.29) is 36.1 Å². The summed E-state index contributed by atoms with van der Waals surface area (Å²) in [6.45, 7) is 5.48. The van der Waals surface area contributed by atoms with Gasteiger partial charge in [0.2, 0.25) is 11.8 Å². The van der Waals surface area contributed by atoms with Crippen molar-refractivity contribution in [1.29, 1.82) is 0 Å². The highest BCUT2D eigenvalue weighted by Crippen LogP contribution is 2.16. The number of hydrogen-bond acceptors (Lipinski definition) is 4. The lowest BCUT2D eigenvalue weighted by atomic mass is 9.97. The van der Waals surface area contributed by atoms with E-state index in [1.54, 1.807) is 17.0 Å². The van der Waals surface area contributed by atoms with Crippen molar-refractivity contribution in [3.8, 4) is 0 Å². The minimum atomic E-state index is -0.611. The molecule has 1 aromatic carbocycles. The fourth-order valence-corrected chi connectivity index (χ4v) is 3.08. The maximum absolute atomic E-state index is 12.4. The zero-order chi connectivity index (χ0) is 19.8. The normalized spacial score (nSPS) is 18.1. The first-order valence-electron chi connectivity index (χ1n) is 9.52. The minimum Gasteiger partial charge on any atom is -0.352 e. The molecule has 2 rings (SSSR count). The summed E-state index contributed by atoms with van der Waals surface area (Å²) in [5.74, 6) is -0.286. The Morgan fingerprint density at radius 3 is 2.56 bits per heavy atom. The van der Waals surface area contributed by atoms with Crippen LogP contribution in [0.5, 0.6) is 0 Å². The third kappa shape index (κ3) is 6.36. The second-order valence-electron chi connectivity index (χ2n) is 7.41. The Balaban J connectivity index is 1.77. The van der Waals surface area contributed by atoms with Crippen LogP contribution in [0, 0.1) is 11.8 Å². The molecular formula is C20H30N4O3. The smallest absolute Gasteiger partial charge is 0.251 e. The molecule has 0 bridgehead atoms. The number of hydrogen-bond donors (Lipinski definition) is 3. The molecule has 0 radical (unpaired) electrons. The van der Waals surface area contributed by atoms with E-state index < -0.39 is 6.04 Å². The molecule has 0 aromatic heterocycles. The van der Waals surface area contributed by atoms with Crippen molar-refractivity contribution in [2.24, 2.45) is 17.6 Å². The zero-order valence-electron chi connectivity index (χ0n) is 16.1. The summed E-state index contributed by atoms with van der Waals surface area (Å²) >= 11 is 0. The van der Waals surface area contributed by atoms with Gasteiger partial charge in [-0.2, -0.15) is 0 Å². The number of carbonyl (C=O) groups excluding carboxylic acids is 3. The number of benzene rings is 1. The molecule has 1 aromatic rings. The van der Waals surface area contributed by atoms with Gasteiger partial charge in [-0.15, -0.1) is 0 Å². The topological polar surface area (TPSA) is 105 Å². The number of rotatable bonds is 7. The second-order valence-corrected chi connectivity index (χ2v) is 7.41. The quantitative estimate of drug-likeness (QED) is 0.655. The van der Waals surface area contributed by atoms with Crippen LogP contribution in [0.15, 0.2) is 30.3 Å². The summed E-state index contributed by atoms with van der Waals surface area (Å²) in [5, 5.41) is 5.57. The third-order valence-electron chi connectivity index (χ3n) is 4.89. The van der Waals surface area contributed by atoms with Gasteiger partial charge in [0.25, 0.3) is 5.91 Å². The average molecular weight is 374 g/mol. The molecule has 1 aliphatic rings.